The number of hydrogen-bond acceptors (Lipinski definition) is 10. The van der Waals surface area contributed by atoms with Gasteiger partial charge in [-0.25, -0.2) is 9.78 Å². The van der Waals surface area contributed by atoms with Gasteiger partial charge in [0.2, 0.25) is 0 Å². The first kappa shape index (κ1) is 22.0. The fraction of sp³-hybridized carbons (Fsp3) is 0.571. The second-order valence-corrected chi connectivity index (χ2v) is 8.66. The minimum absolute atomic E-state index is 0.138. The number of aldehydes is 1. The van der Waals surface area contributed by atoms with Gasteiger partial charge in [-0.05, 0) is 49.5 Å². The monoisotopic (exact) mass is 440 g/mol. The van der Waals surface area contributed by atoms with E-state index >= 15 is 0 Å². The van der Waals surface area contributed by atoms with Crippen molar-refractivity contribution in [3.8, 4) is 5.82 Å². The number of rotatable bonds is 9. The Morgan fingerprint density at radius 3 is 2.75 bits per heavy atom. The molecule has 11 heteroatoms. The summed E-state index contributed by atoms with van der Waals surface area (Å²) in [5.41, 5.74) is 1.38. The van der Waals surface area contributed by atoms with Gasteiger partial charge in [0.15, 0.2) is 5.82 Å². The van der Waals surface area contributed by atoms with E-state index in [1.807, 2.05) is 7.05 Å². The van der Waals surface area contributed by atoms with Crippen molar-refractivity contribution < 1.29 is 14.3 Å². The molecule has 0 bridgehead atoms. The first-order valence-electron chi connectivity index (χ1n) is 10.8. The highest BCUT2D eigenvalue weighted by Gasteiger charge is 2.37. The van der Waals surface area contributed by atoms with Crippen LogP contribution in [0.3, 0.4) is 0 Å². The van der Waals surface area contributed by atoms with E-state index in [1.165, 1.54) is 17.1 Å². The largest absolute Gasteiger partial charge is 0.456 e. The van der Waals surface area contributed by atoms with Gasteiger partial charge in [-0.1, -0.05) is 0 Å². The van der Waals surface area contributed by atoms with Gasteiger partial charge in [0, 0.05) is 37.2 Å². The summed E-state index contributed by atoms with van der Waals surface area (Å²) in [6, 6.07) is 0.472. The van der Waals surface area contributed by atoms with E-state index in [2.05, 4.69) is 42.6 Å². The quantitative estimate of drug-likeness (QED) is 0.442. The third-order valence-electron chi connectivity index (χ3n) is 6.54. The average molecular weight is 441 g/mol. The van der Waals surface area contributed by atoms with Crippen molar-refractivity contribution in [2.75, 3.05) is 13.7 Å². The summed E-state index contributed by atoms with van der Waals surface area (Å²) in [7, 11) is 1.95. The van der Waals surface area contributed by atoms with Crippen LogP contribution < -0.4 is 5.32 Å². The summed E-state index contributed by atoms with van der Waals surface area (Å²) in [5, 5.41) is 14.5. The number of likely N-dealkylation sites (N-methyl/N-ethyl adjacent to an activating group) is 1. The molecule has 2 aliphatic rings. The normalized spacial score (nSPS) is 24.0. The molecular formula is C21H28N8O3. The predicted octanol–water partition coefficient (Wildman–Crippen LogP) is 0.821. The molecule has 2 aromatic rings. The number of aromatic nitrogens is 6. The summed E-state index contributed by atoms with van der Waals surface area (Å²) in [5.74, 6) is 0.265. The number of cyclic esters (lactones) is 1. The van der Waals surface area contributed by atoms with Crippen LogP contribution >= 0.6 is 0 Å². The second kappa shape index (κ2) is 9.51. The molecule has 0 spiro atoms. The van der Waals surface area contributed by atoms with E-state index in [4.69, 9.17) is 4.74 Å². The minimum atomic E-state index is -0.330. The van der Waals surface area contributed by atoms with Gasteiger partial charge in [0.05, 0.1) is 23.8 Å². The van der Waals surface area contributed by atoms with Gasteiger partial charge in [-0.2, -0.15) is 4.68 Å². The SMILES string of the molecule is C[C@@H](C[C@]1(C=O)CC[C@@H](NCc2cnc(-n3cnnn3)cn2)CC1)N(C)C1=CC(=O)OC1. The molecule has 0 amide bonds. The summed E-state index contributed by atoms with van der Waals surface area (Å²) in [6.07, 6.45) is 11.8. The maximum Gasteiger partial charge on any atom is 0.333 e. The Labute approximate surface area is 186 Å². The molecule has 1 aliphatic carbocycles. The summed E-state index contributed by atoms with van der Waals surface area (Å²) in [4.78, 5) is 34.2. The van der Waals surface area contributed by atoms with Crippen LogP contribution in [0, 0.1) is 5.41 Å². The number of nitrogens with zero attached hydrogens (tertiary/aromatic N) is 7. The lowest BCUT2D eigenvalue weighted by Gasteiger charge is -2.40. The van der Waals surface area contributed by atoms with E-state index in [0.717, 1.165) is 49.8 Å². The molecule has 2 aromatic heterocycles. The van der Waals surface area contributed by atoms with Gasteiger partial charge >= 0.3 is 5.97 Å². The lowest BCUT2D eigenvalue weighted by Crippen LogP contribution is -2.42. The van der Waals surface area contributed by atoms with E-state index in [9.17, 15) is 9.59 Å². The van der Waals surface area contributed by atoms with Gasteiger partial charge in [-0.3, -0.25) is 4.98 Å². The van der Waals surface area contributed by atoms with Crippen molar-refractivity contribution in [3.05, 3.63) is 36.2 Å². The Morgan fingerprint density at radius 1 is 1.34 bits per heavy atom. The molecule has 0 aromatic carbocycles. The number of esters is 1. The summed E-state index contributed by atoms with van der Waals surface area (Å²) in [6.45, 7) is 3.01. The molecule has 3 heterocycles. The van der Waals surface area contributed by atoms with Crippen LogP contribution in [0.15, 0.2) is 30.5 Å². The Hall–Kier alpha value is -3.21. The van der Waals surface area contributed by atoms with Crippen molar-refractivity contribution in [1.82, 2.24) is 40.4 Å². The van der Waals surface area contributed by atoms with Crippen molar-refractivity contribution in [3.63, 3.8) is 0 Å². The fourth-order valence-electron chi connectivity index (χ4n) is 4.42. The standard InChI is InChI=1S/C21H28N8O3/c1-15(28(2)18-7-20(31)32-12-18)8-21(13-30)5-3-16(4-6-21)22-9-17-10-24-19(11-23-17)29-14-25-26-27-29/h7,10-11,13-16,22H,3-6,8-9,12H2,1-2H3/t15-,16-,21+/m0/s1. The third-order valence-corrected chi connectivity index (χ3v) is 6.54. The molecule has 1 fully saturated rings. The maximum absolute atomic E-state index is 12.1. The zero-order valence-electron chi connectivity index (χ0n) is 18.3. The first-order chi connectivity index (χ1) is 15.5. The highest BCUT2D eigenvalue weighted by atomic mass is 16.5. The molecular weight excluding hydrogens is 412 g/mol. The number of hydrogen-bond donors (Lipinski definition) is 1. The molecule has 1 atom stereocenters. The summed E-state index contributed by atoms with van der Waals surface area (Å²) >= 11 is 0. The Kier molecular flexibility index (Phi) is 6.54. The van der Waals surface area contributed by atoms with Crippen molar-refractivity contribution in [2.45, 2.75) is 57.7 Å². The third kappa shape index (κ3) is 4.98. The van der Waals surface area contributed by atoms with Gasteiger partial charge in [0.1, 0.15) is 19.2 Å². The number of nitrogens with one attached hydrogen (secondary N) is 1. The van der Waals surface area contributed by atoms with Gasteiger partial charge in [-0.15, -0.1) is 5.10 Å². The molecule has 1 aliphatic heterocycles. The minimum Gasteiger partial charge on any atom is -0.456 e. The first-order valence-corrected chi connectivity index (χ1v) is 10.8. The van der Waals surface area contributed by atoms with Crippen molar-refractivity contribution in [2.24, 2.45) is 5.41 Å². The van der Waals surface area contributed by atoms with E-state index in [0.29, 0.717) is 25.0 Å². The number of tetrazole rings is 1. The highest BCUT2D eigenvalue weighted by molar-refractivity contribution is 5.85. The van der Waals surface area contributed by atoms with Gasteiger partial charge < -0.3 is 19.7 Å². The van der Waals surface area contributed by atoms with E-state index in [-0.39, 0.29) is 17.4 Å². The molecule has 0 unspecified atom stereocenters. The molecule has 0 saturated heterocycles. The Bertz CT molecular complexity index is 952. The Morgan fingerprint density at radius 2 is 2.16 bits per heavy atom. The molecule has 1 N–H and O–H groups in total. The topological polar surface area (TPSA) is 128 Å². The molecule has 170 valence electrons. The smallest absolute Gasteiger partial charge is 0.333 e. The van der Waals surface area contributed by atoms with Crippen LogP contribution in [0.1, 0.15) is 44.7 Å². The van der Waals surface area contributed by atoms with E-state index in [1.54, 1.807) is 12.4 Å². The van der Waals surface area contributed by atoms with Crippen LogP contribution in [-0.2, 0) is 20.9 Å². The number of carbonyl (C=O) groups is 2. The number of carbonyl (C=O) groups excluding carboxylic acids is 2. The lowest BCUT2D eigenvalue weighted by atomic mass is 9.70. The average Bonchev–Trinajstić information content (AvgIpc) is 3.51. The van der Waals surface area contributed by atoms with Crippen LogP contribution in [0.5, 0.6) is 0 Å². The van der Waals surface area contributed by atoms with Gasteiger partial charge in [0.25, 0.3) is 0 Å². The van der Waals surface area contributed by atoms with Crippen LogP contribution in [0.25, 0.3) is 5.82 Å². The zero-order valence-corrected chi connectivity index (χ0v) is 18.3. The van der Waals surface area contributed by atoms with E-state index < -0.39 is 0 Å². The lowest BCUT2D eigenvalue weighted by molar-refractivity contribution is -0.135. The molecule has 0 radical (unpaired) electrons. The van der Waals surface area contributed by atoms with Crippen LogP contribution in [0.4, 0.5) is 0 Å². The van der Waals surface area contributed by atoms with Crippen LogP contribution in [0.2, 0.25) is 0 Å². The predicted molar refractivity (Wildman–Crippen MR) is 113 cm³/mol. The second-order valence-electron chi connectivity index (χ2n) is 8.66. The molecule has 4 rings (SSSR count). The molecule has 1 saturated carbocycles. The molecule has 32 heavy (non-hydrogen) atoms. The maximum atomic E-state index is 12.1. The molecule has 11 nitrogen and oxygen atoms in total. The number of ether oxygens (including phenoxy) is 1. The summed E-state index contributed by atoms with van der Waals surface area (Å²) < 4.78 is 6.47. The van der Waals surface area contributed by atoms with Crippen molar-refractivity contribution >= 4 is 12.3 Å². The van der Waals surface area contributed by atoms with Crippen LogP contribution in [-0.4, -0.2) is 73.1 Å². The highest BCUT2D eigenvalue weighted by Crippen LogP contribution is 2.39. The Balaban J connectivity index is 1.26. The zero-order chi connectivity index (χ0) is 22.6. The fourth-order valence-corrected chi connectivity index (χ4v) is 4.42. The van der Waals surface area contributed by atoms with Crippen molar-refractivity contribution in [1.29, 1.82) is 0 Å².